The zero-order chi connectivity index (χ0) is 15.0. The van der Waals surface area contributed by atoms with Gasteiger partial charge in [0.1, 0.15) is 0 Å². The van der Waals surface area contributed by atoms with Gasteiger partial charge in [-0.2, -0.15) is 0 Å². The first-order valence-corrected chi connectivity index (χ1v) is 7.16. The predicted octanol–water partition coefficient (Wildman–Crippen LogP) is 1.73. The first-order chi connectivity index (χ1) is 9.62. The predicted molar refractivity (Wildman–Crippen MR) is 79.3 cm³/mol. The molecule has 0 bridgehead atoms. The van der Waals surface area contributed by atoms with Crippen molar-refractivity contribution in [1.82, 2.24) is 15.1 Å². The minimum absolute atomic E-state index is 0.0204. The molecule has 1 aromatic heterocycles. The second kappa shape index (κ2) is 8.47. The average Bonchev–Trinajstić information content (AvgIpc) is 2.48. The van der Waals surface area contributed by atoms with Crippen molar-refractivity contribution in [3.05, 3.63) is 17.8 Å². The minimum atomic E-state index is -1.05. The summed E-state index contributed by atoms with van der Waals surface area (Å²) in [5.41, 5.74) is -0.0204. The summed E-state index contributed by atoms with van der Waals surface area (Å²) in [6.45, 7) is 11.3. The molecule has 1 N–H and O–H groups in total. The molecule has 0 saturated carbocycles. The van der Waals surface area contributed by atoms with Crippen LogP contribution in [0.4, 0.5) is 5.82 Å². The van der Waals surface area contributed by atoms with Crippen molar-refractivity contribution in [2.75, 3.05) is 37.6 Å². The third-order valence-electron chi connectivity index (χ3n) is 3.37. The zero-order valence-electron chi connectivity index (χ0n) is 12.5. The van der Waals surface area contributed by atoms with E-state index in [-0.39, 0.29) is 5.69 Å². The molecule has 0 atom stereocenters. The van der Waals surface area contributed by atoms with Gasteiger partial charge in [-0.3, -0.25) is 0 Å². The van der Waals surface area contributed by atoms with Crippen LogP contribution in [0.25, 0.3) is 0 Å². The largest absolute Gasteiger partial charge is 0.476 e. The highest BCUT2D eigenvalue weighted by molar-refractivity contribution is 5.85. The van der Waals surface area contributed by atoms with Crippen LogP contribution in [0.2, 0.25) is 0 Å². The Bertz CT molecular complexity index is 404. The van der Waals surface area contributed by atoms with Crippen LogP contribution in [0.1, 0.15) is 37.7 Å². The van der Waals surface area contributed by atoms with Crippen molar-refractivity contribution in [2.45, 2.75) is 27.2 Å². The van der Waals surface area contributed by atoms with E-state index in [0.29, 0.717) is 0 Å². The van der Waals surface area contributed by atoms with E-state index in [4.69, 9.17) is 5.11 Å². The lowest BCUT2D eigenvalue weighted by Gasteiger charge is -2.24. The molecule has 0 spiro atoms. The Labute approximate surface area is 120 Å². The van der Waals surface area contributed by atoms with Crippen LogP contribution in [0, 0.1) is 0 Å². The number of aromatic carboxylic acids is 1. The maximum absolute atomic E-state index is 10.7. The fraction of sp³-hybridized carbons (Fsp3) is 0.643. The molecular formula is C14H24N4O2. The highest BCUT2D eigenvalue weighted by Crippen LogP contribution is 2.10. The SMILES string of the molecule is CCN(CC)CCCN(CC)c1ccc(C(=O)O)nn1. The van der Waals surface area contributed by atoms with Crippen molar-refractivity contribution in [3.8, 4) is 0 Å². The van der Waals surface area contributed by atoms with Gasteiger partial charge in [0, 0.05) is 13.1 Å². The normalized spacial score (nSPS) is 10.8. The van der Waals surface area contributed by atoms with E-state index >= 15 is 0 Å². The van der Waals surface area contributed by atoms with Gasteiger partial charge in [0.2, 0.25) is 0 Å². The lowest BCUT2D eigenvalue weighted by Crippen LogP contribution is -2.30. The number of aromatic nitrogens is 2. The minimum Gasteiger partial charge on any atom is -0.476 e. The summed E-state index contributed by atoms with van der Waals surface area (Å²) in [6, 6.07) is 3.22. The number of rotatable bonds is 9. The maximum Gasteiger partial charge on any atom is 0.356 e. The maximum atomic E-state index is 10.7. The number of carbonyl (C=O) groups is 1. The van der Waals surface area contributed by atoms with Crippen LogP contribution in [0.5, 0.6) is 0 Å². The molecule has 1 rings (SSSR count). The fourth-order valence-electron chi connectivity index (χ4n) is 2.07. The standard InChI is InChI=1S/C14H24N4O2/c1-4-17(5-2)10-7-11-18(6-3)13-9-8-12(14(19)20)15-16-13/h8-9H,4-7,10-11H2,1-3H3,(H,19,20). The number of hydrogen-bond acceptors (Lipinski definition) is 5. The number of hydrogen-bond donors (Lipinski definition) is 1. The third-order valence-corrected chi connectivity index (χ3v) is 3.37. The summed E-state index contributed by atoms with van der Waals surface area (Å²) in [6.07, 6.45) is 1.05. The molecule has 6 heteroatoms. The second-order valence-electron chi connectivity index (χ2n) is 4.54. The first-order valence-electron chi connectivity index (χ1n) is 7.16. The molecule has 0 unspecified atom stereocenters. The molecule has 0 aliphatic rings. The molecule has 6 nitrogen and oxygen atoms in total. The van der Waals surface area contributed by atoms with Crippen LogP contribution in [0.15, 0.2) is 12.1 Å². The molecule has 0 radical (unpaired) electrons. The molecule has 0 aliphatic heterocycles. The molecule has 0 aliphatic carbocycles. The average molecular weight is 280 g/mol. The van der Waals surface area contributed by atoms with E-state index in [1.165, 1.54) is 6.07 Å². The van der Waals surface area contributed by atoms with Crippen molar-refractivity contribution in [2.24, 2.45) is 0 Å². The highest BCUT2D eigenvalue weighted by atomic mass is 16.4. The van der Waals surface area contributed by atoms with Gasteiger partial charge < -0.3 is 14.9 Å². The number of nitrogens with zero attached hydrogens (tertiary/aromatic N) is 4. The van der Waals surface area contributed by atoms with Gasteiger partial charge in [0.25, 0.3) is 0 Å². The summed E-state index contributed by atoms with van der Waals surface area (Å²) in [4.78, 5) is 15.2. The van der Waals surface area contributed by atoms with Gasteiger partial charge in [0.05, 0.1) is 0 Å². The zero-order valence-corrected chi connectivity index (χ0v) is 12.5. The van der Waals surface area contributed by atoms with E-state index in [1.54, 1.807) is 6.07 Å². The van der Waals surface area contributed by atoms with E-state index in [9.17, 15) is 4.79 Å². The molecular weight excluding hydrogens is 256 g/mol. The second-order valence-corrected chi connectivity index (χ2v) is 4.54. The Morgan fingerprint density at radius 2 is 1.80 bits per heavy atom. The van der Waals surface area contributed by atoms with Crippen LogP contribution >= 0.6 is 0 Å². The Hall–Kier alpha value is -1.69. The van der Waals surface area contributed by atoms with E-state index < -0.39 is 5.97 Å². The fourth-order valence-corrected chi connectivity index (χ4v) is 2.07. The van der Waals surface area contributed by atoms with Crippen molar-refractivity contribution in [1.29, 1.82) is 0 Å². The summed E-state index contributed by atoms with van der Waals surface area (Å²) in [5.74, 6) is -0.314. The van der Waals surface area contributed by atoms with Gasteiger partial charge in [-0.05, 0) is 45.1 Å². The lowest BCUT2D eigenvalue weighted by atomic mass is 10.3. The molecule has 1 aromatic rings. The Balaban J connectivity index is 2.55. The molecule has 0 amide bonds. The quantitative estimate of drug-likeness (QED) is 0.743. The van der Waals surface area contributed by atoms with Gasteiger partial charge in [-0.15, -0.1) is 10.2 Å². The molecule has 0 aromatic carbocycles. The van der Waals surface area contributed by atoms with Gasteiger partial charge in [0.15, 0.2) is 11.5 Å². The number of carboxylic acid groups (broad SMARTS) is 1. The van der Waals surface area contributed by atoms with Gasteiger partial charge in [-0.25, -0.2) is 4.79 Å². The summed E-state index contributed by atoms with van der Waals surface area (Å²) in [5, 5.41) is 16.5. The molecule has 1 heterocycles. The number of carboxylic acids is 1. The Kier molecular flexibility index (Phi) is 6.93. The molecule has 0 fully saturated rings. The topological polar surface area (TPSA) is 69.6 Å². The van der Waals surface area contributed by atoms with E-state index in [2.05, 4.69) is 40.8 Å². The Morgan fingerprint density at radius 3 is 2.25 bits per heavy atom. The van der Waals surface area contributed by atoms with Crippen LogP contribution in [0.3, 0.4) is 0 Å². The Morgan fingerprint density at radius 1 is 1.10 bits per heavy atom. The van der Waals surface area contributed by atoms with E-state index in [1.807, 2.05) is 0 Å². The monoisotopic (exact) mass is 280 g/mol. The summed E-state index contributed by atoms with van der Waals surface area (Å²) >= 11 is 0. The van der Waals surface area contributed by atoms with Crippen LogP contribution in [-0.4, -0.2) is 58.9 Å². The van der Waals surface area contributed by atoms with Crippen molar-refractivity contribution >= 4 is 11.8 Å². The van der Waals surface area contributed by atoms with Gasteiger partial charge >= 0.3 is 5.97 Å². The summed E-state index contributed by atoms with van der Waals surface area (Å²) in [7, 11) is 0. The van der Waals surface area contributed by atoms with E-state index in [0.717, 1.165) is 45.0 Å². The third kappa shape index (κ3) is 4.77. The smallest absolute Gasteiger partial charge is 0.356 e. The molecule has 112 valence electrons. The van der Waals surface area contributed by atoms with Crippen LogP contribution in [-0.2, 0) is 0 Å². The molecule has 0 saturated heterocycles. The van der Waals surface area contributed by atoms with Crippen molar-refractivity contribution < 1.29 is 9.90 Å². The highest BCUT2D eigenvalue weighted by Gasteiger charge is 2.10. The molecule has 20 heavy (non-hydrogen) atoms. The van der Waals surface area contributed by atoms with Gasteiger partial charge in [-0.1, -0.05) is 13.8 Å². The first kappa shape index (κ1) is 16.4. The number of anilines is 1. The van der Waals surface area contributed by atoms with Crippen LogP contribution < -0.4 is 4.90 Å². The van der Waals surface area contributed by atoms with Crippen molar-refractivity contribution in [3.63, 3.8) is 0 Å². The summed E-state index contributed by atoms with van der Waals surface area (Å²) < 4.78 is 0. The lowest BCUT2D eigenvalue weighted by molar-refractivity contribution is 0.0689.